The number of aliphatic hydroxyl groups is 1. The molecule has 0 aliphatic carbocycles. The fraction of sp³-hybridized carbons (Fsp3) is 0.794. The molecule has 0 fully saturated rings. The van der Waals surface area contributed by atoms with E-state index in [1.54, 1.807) is 0 Å². The lowest BCUT2D eigenvalue weighted by molar-refractivity contribution is -0.154. The zero-order valence-electron chi connectivity index (χ0n) is 25.2. The Labute approximate surface area is 236 Å². The van der Waals surface area contributed by atoms with E-state index in [1.165, 1.54) is 77.0 Å². The number of ether oxygens (including phenoxy) is 2. The van der Waals surface area contributed by atoms with Crippen LogP contribution in [0.4, 0.5) is 0 Å². The number of carbonyl (C=O) groups is 1. The van der Waals surface area contributed by atoms with Crippen molar-refractivity contribution >= 4 is 5.97 Å². The van der Waals surface area contributed by atoms with Crippen molar-refractivity contribution in [1.29, 1.82) is 0 Å². The maximum atomic E-state index is 12.1. The number of allylic oxidation sites excluding steroid dienone is 6. The van der Waals surface area contributed by atoms with Gasteiger partial charge in [-0.05, 0) is 44.9 Å². The average molecular weight is 535 g/mol. The fourth-order valence-electron chi connectivity index (χ4n) is 4.34. The molecule has 0 saturated carbocycles. The second-order valence-corrected chi connectivity index (χ2v) is 10.5. The quantitative estimate of drug-likeness (QED) is 0.0589. The first-order valence-corrected chi connectivity index (χ1v) is 16.1. The molecule has 0 spiro atoms. The highest BCUT2D eigenvalue weighted by Crippen LogP contribution is 2.13. The Morgan fingerprint density at radius 1 is 0.658 bits per heavy atom. The third-order valence-corrected chi connectivity index (χ3v) is 6.73. The molecule has 222 valence electrons. The van der Waals surface area contributed by atoms with Gasteiger partial charge in [-0.15, -0.1) is 0 Å². The summed E-state index contributed by atoms with van der Waals surface area (Å²) < 4.78 is 11.0. The summed E-state index contributed by atoms with van der Waals surface area (Å²) in [6.45, 7) is 5.17. The third-order valence-electron chi connectivity index (χ3n) is 6.73. The Balaban J connectivity index is 3.50. The van der Waals surface area contributed by atoms with E-state index in [9.17, 15) is 9.90 Å². The van der Waals surface area contributed by atoms with Crippen LogP contribution in [0.15, 0.2) is 36.5 Å². The lowest BCUT2D eigenvalue weighted by atomic mass is 10.0. The molecule has 4 nitrogen and oxygen atoms in total. The van der Waals surface area contributed by atoms with Gasteiger partial charge in [0.15, 0.2) is 0 Å². The van der Waals surface area contributed by atoms with Crippen molar-refractivity contribution in [2.24, 2.45) is 0 Å². The molecule has 0 radical (unpaired) electrons. The minimum Gasteiger partial charge on any atom is -0.457 e. The van der Waals surface area contributed by atoms with Gasteiger partial charge in [0, 0.05) is 13.0 Å². The van der Waals surface area contributed by atoms with Crippen molar-refractivity contribution in [3.63, 3.8) is 0 Å². The first-order chi connectivity index (χ1) is 18.7. The lowest BCUT2D eigenvalue weighted by Gasteiger charge is -2.15. The van der Waals surface area contributed by atoms with Crippen LogP contribution in [0.1, 0.15) is 149 Å². The summed E-state index contributed by atoms with van der Waals surface area (Å²) >= 11 is 0. The van der Waals surface area contributed by atoms with Crippen molar-refractivity contribution in [1.82, 2.24) is 0 Å². The van der Waals surface area contributed by atoms with Gasteiger partial charge in [0.25, 0.3) is 0 Å². The monoisotopic (exact) mass is 534 g/mol. The first-order valence-electron chi connectivity index (χ1n) is 16.1. The molecule has 38 heavy (non-hydrogen) atoms. The molecular weight excluding hydrogens is 472 g/mol. The van der Waals surface area contributed by atoms with Crippen LogP contribution in [0, 0.1) is 0 Å². The zero-order chi connectivity index (χ0) is 27.8. The molecule has 1 atom stereocenters. The Morgan fingerprint density at radius 2 is 1.18 bits per heavy atom. The fourth-order valence-corrected chi connectivity index (χ4v) is 4.34. The Morgan fingerprint density at radius 3 is 1.79 bits per heavy atom. The predicted octanol–water partition coefficient (Wildman–Crippen LogP) is 9.81. The molecule has 0 aliphatic heterocycles. The highest BCUT2D eigenvalue weighted by molar-refractivity contribution is 5.69. The van der Waals surface area contributed by atoms with Gasteiger partial charge >= 0.3 is 5.97 Å². The molecule has 0 aromatic rings. The molecule has 0 aromatic carbocycles. The van der Waals surface area contributed by atoms with E-state index in [0.29, 0.717) is 13.0 Å². The maximum Gasteiger partial charge on any atom is 0.306 e. The van der Waals surface area contributed by atoms with Crippen molar-refractivity contribution in [2.45, 2.75) is 155 Å². The van der Waals surface area contributed by atoms with Crippen LogP contribution in [-0.2, 0) is 14.3 Å². The molecule has 4 heteroatoms. The Kier molecular flexibility index (Phi) is 30.7. The van der Waals surface area contributed by atoms with E-state index < -0.39 is 6.10 Å². The molecule has 0 aromatic heterocycles. The largest absolute Gasteiger partial charge is 0.457 e. The minimum absolute atomic E-state index is 0.179. The minimum atomic E-state index is -0.540. The molecular formula is C34H62O4. The van der Waals surface area contributed by atoms with E-state index in [4.69, 9.17) is 9.47 Å². The molecule has 0 saturated heterocycles. The molecule has 0 heterocycles. The van der Waals surface area contributed by atoms with Crippen LogP contribution in [0.2, 0.25) is 0 Å². The number of esters is 1. The second kappa shape index (κ2) is 31.8. The van der Waals surface area contributed by atoms with Crippen molar-refractivity contribution in [3.05, 3.63) is 36.5 Å². The highest BCUT2D eigenvalue weighted by atomic mass is 16.6. The molecule has 0 bridgehead atoms. The van der Waals surface area contributed by atoms with Crippen molar-refractivity contribution in [2.75, 3.05) is 19.8 Å². The van der Waals surface area contributed by atoms with Gasteiger partial charge < -0.3 is 14.6 Å². The summed E-state index contributed by atoms with van der Waals surface area (Å²) in [6.07, 6.45) is 37.4. The van der Waals surface area contributed by atoms with Gasteiger partial charge in [0.05, 0.1) is 13.2 Å². The summed E-state index contributed by atoms with van der Waals surface area (Å²) in [6, 6.07) is 0. The van der Waals surface area contributed by atoms with Crippen LogP contribution >= 0.6 is 0 Å². The van der Waals surface area contributed by atoms with E-state index >= 15 is 0 Å². The van der Waals surface area contributed by atoms with Gasteiger partial charge in [0.1, 0.15) is 6.10 Å². The number of hydrogen-bond acceptors (Lipinski definition) is 4. The SMILES string of the molecule is CC/C=C\C/C=C\C/C=C\CCCCCCOCC(CO)OC(=O)CCCCCCCCCCCCCC. The molecule has 0 amide bonds. The standard InChI is InChI=1S/C34H62O4/c1-3-5-7-9-11-13-15-17-18-20-22-24-26-28-30-37-32-33(31-35)38-34(36)29-27-25-23-21-19-16-14-12-10-8-6-4-2/h5,7,11,13,17-18,33,35H,3-4,6,8-10,12,14-16,19-32H2,1-2H3/b7-5-,13-11-,18-17-. The van der Waals surface area contributed by atoms with Crippen molar-refractivity contribution < 1.29 is 19.4 Å². The lowest BCUT2D eigenvalue weighted by Crippen LogP contribution is -2.27. The number of rotatable bonds is 29. The summed E-state index contributed by atoms with van der Waals surface area (Å²) in [7, 11) is 0. The van der Waals surface area contributed by atoms with E-state index in [-0.39, 0.29) is 19.2 Å². The number of unbranched alkanes of at least 4 members (excludes halogenated alkanes) is 15. The summed E-state index contributed by atoms with van der Waals surface area (Å²) in [5, 5.41) is 9.50. The molecule has 0 aliphatic rings. The Hall–Kier alpha value is -1.39. The van der Waals surface area contributed by atoms with Gasteiger partial charge in [-0.3, -0.25) is 4.79 Å². The smallest absolute Gasteiger partial charge is 0.306 e. The normalized spacial score (nSPS) is 12.8. The van der Waals surface area contributed by atoms with E-state index in [2.05, 4.69) is 50.3 Å². The predicted molar refractivity (Wildman–Crippen MR) is 164 cm³/mol. The molecule has 1 unspecified atom stereocenters. The van der Waals surface area contributed by atoms with Gasteiger partial charge in [-0.25, -0.2) is 0 Å². The van der Waals surface area contributed by atoms with Crippen LogP contribution in [-0.4, -0.2) is 37.0 Å². The maximum absolute atomic E-state index is 12.1. The van der Waals surface area contributed by atoms with Crippen LogP contribution in [0.3, 0.4) is 0 Å². The van der Waals surface area contributed by atoms with Gasteiger partial charge in [0.2, 0.25) is 0 Å². The van der Waals surface area contributed by atoms with E-state index in [0.717, 1.165) is 51.4 Å². The highest BCUT2D eigenvalue weighted by Gasteiger charge is 2.13. The van der Waals surface area contributed by atoms with Crippen LogP contribution in [0.5, 0.6) is 0 Å². The number of carbonyl (C=O) groups excluding carboxylic acids is 1. The van der Waals surface area contributed by atoms with Gasteiger partial charge in [-0.2, -0.15) is 0 Å². The third kappa shape index (κ3) is 29.2. The van der Waals surface area contributed by atoms with Crippen molar-refractivity contribution in [3.8, 4) is 0 Å². The Bertz CT molecular complexity index is 567. The summed E-state index contributed by atoms with van der Waals surface area (Å²) in [5.41, 5.74) is 0. The second-order valence-electron chi connectivity index (χ2n) is 10.5. The summed E-state index contributed by atoms with van der Waals surface area (Å²) in [5.74, 6) is -0.211. The topological polar surface area (TPSA) is 55.8 Å². The molecule has 1 N–H and O–H groups in total. The number of aliphatic hydroxyl groups excluding tert-OH is 1. The van der Waals surface area contributed by atoms with Gasteiger partial charge in [-0.1, -0.05) is 134 Å². The number of hydrogen-bond donors (Lipinski definition) is 1. The van der Waals surface area contributed by atoms with E-state index in [1.807, 2.05) is 0 Å². The zero-order valence-corrected chi connectivity index (χ0v) is 25.2. The first kappa shape index (κ1) is 36.6. The summed E-state index contributed by atoms with van der Waals surface area (Å²) in [4.78, 5) is 12.1. The molecule has 0 rings (SSSR count). The van der Waals surface area contributed by atoms with Crippen LogP contribution < -0.4 is 0 Å². The average Bonchev–Trinajstić information content (AvgIpc) is 2.92. The van der Waals surface area contributed by atoms with Crippen LogP contribution in [0.25, 0.3) is 0 Å².